The van der Waals surface area contributed by atoms with Gasteiger partial charge < -0.3 is 9.47 Å². The molecule has 0 amide bonds. The van der Waals surface area contributed by atoms with Gasteiger partial charge in [0.15, 0.2) is 0 Å². The van der Waals surface area contributed by atoms with Crippen molar-refractivity contribution in [3.63, 3.8) is 0 Å². The lowest BCUT2D eigenvalue weighted by atomic mass is 9.72. The molecule has 1 aliphatic carbocycles. The second-order valence-electron chi connectivity index (χ2n) is 7.91. The summed E-state index contributed by atoms with van der Waals surface area (Å²) in [6, 6.07) is 4.92. The van der Waals surface area contributed by atoms with Crippen molar-refractivity contribution in [1.29, 1.82) is 0 Å². The Labute approximate surface area is 145 Å². The first-order valence-corrected chi connectivity index (χ1v) is 9.64. The Morgan fingerprint density at radius 2 is 1.92 bits per heavy atom. The number of likely N-dealkylation sites (tertiary alicyclic amines) is 1. The molecule has 2 aliphatic heterocycles. The van der Waals surface area contributed by atoms with Crippen LogP contribution in [-0.4, -0.2) is 48.8 Å². The lowest BCUT2D eigenvalue weighted by Crippen LogP contribution is -2.39. The fraction of sp³-hybridized carbons (Fsp3) is 0.750. The summed E-state index contributed by atoms with van der Waals surface area (Å²) >= 11 is 0. The topological polar surface area (TPSA) is 34.6 Å². The minimum absolute atomic E-state index is 0.430. The smallest absolute Gasteiger partial charge is 0.0718 e. The molecule has 1 spiro atoms. The number of ether oxygens (including phenoxy) is 2. The van der Waals surface area contributed by atoms with Crippen LogP contribution in [0.4, 0.5) is 0 Å². The molecule has 1 aromatic heterocycles. The minimum atomic E-state index is 0.430. The maximum Gasteiger partial charge on any atom is 0.0718 e. The molecule has 0 radical (unpaired) electrons. The number of rotatable bonds is 5. The van der Waals surface area contributed by atoms with Gasteiger partial charge in [-0.3, -0.25) is 9.88 Å². The molecule has 3 aliphatic rings. The molecule has 3 fully saturated rings. The van der Waals surface area contributed by atoms with E-state index >= 15 is 0 Å². The van der Waals surface area contributed by atoms with Crippen molar-refractivity contribution >= 4 is 0 Å². The first-order chi connectivity index (χ1) is 11.9. The number of aromatic nitrogens is 1. The van der Waals surface area contributed by atoms with Crippen LogP contribution in [0.15, 0.2) is 24.5 Å². The van der Waals surface area contributed by atoms with E-state index in [0.717, 1.165) is 25.9 Å². The van der Waals surface area contributed by atoms with E-state index in [0.29, 0.717) is 17.9 Å². The van der Waals surface area contributed by atoms with Crippen LogP contribution in [-0.2, 0) is 16.1 Å². The van der Waals surface area contributed by atoms with Crippen LogP contribution in [0.2, 0.25) is 0 Å². The van der Waals surface area contributed by atoms with Gasteiger partial charge in [0.25, 0.3) is 0 Å². The van der Waals surface area contributed by atoms with Crippen molar-refractivity contribution in [3.8, 4) is 0 Å². The van der Waals surface area contributed by atoms with E-state index in [2.05, 4.69) is 9.88 Å². The summed E-state index contributed by atoms with van der Waals surface area (Å²) in [5.41, 5.74) is 1.65. The van der Waals surface area contributed by atoms with Gasteiger partial charge in [0.1, 0.15) is 0 Å². The maximum atomic E-state index is 6.15. The molecule has 0 bridgehead atoms. The highest BCUT2D eigenvalue weighted by Gasteiger charge is 2.48. The fourth-order valence-corrected chi connectivity index (χ4v) is 4.99. The summed E-state index contributed by atoms with van der Waals surface area (Å²) in [4.78, 5) is 6.87. The number of hydrogen-bond donors (Lipinski definition) is 0. The number of nitrogens with zero attached hydrogens (tertiary/aromatic N) is 2. The van der Waals surface area contributed by atoms with Crippen molar-refractivity contribution in [2.75, 3.05) is 32.9 Å². The lowest BCUT2D eigenvalue weighted by Gasteiger charge is -2.38. The molecule has 4 rings (SSSR count). The van der Waals surface area contributed by atoms with Crippen molar-refractivity contribution in [1.82, 2.24) is 9.88 Å². The van der Waals surface area contributed by atoms with Crippen LogP contribution in [0.25, 0.3) is 0 Å². The largest absolute Gasteiger partial charge is 0.381 e. The average Bonchev–Trinajstić information content (AvgIpc) is 3.26. The molecule has 4 nitrogen and oxygen atoms in total. The average molecular weight is 330 g/mol. The van der Waals surface area contributed by atoms with E-state index in [9.17, 15) is 0 Å². The van der Waals surface area contributed by atoms with Crippen LogP contribution in [0, 0.1) is 11.3 Å². The van der Waals surface area contributed by atoms with Gasteiger partial charge in [0, 0.05) is 50.7 Å². The highest BCUT2D eigenvalue weighted by molar-refractivity contribution is 5.08. The quantitative estimate of drug-likeness (QED) is 0.830. The SMILES string of the molecule is c1cc(COCC2CN(C3CCCC3)CC23CCOCC3)ccn1. The molecule has 4 heteroatoms. The number of hydrogen-bond acceptors (Lipinski definition) is 4. The first-order valence-electron chi connectivity index (χ1n) is 9.64. The predicted octanol–water partition coefficient (Wildman–Crippen LogP) is 3.27. The highest BCUT2D eigenvalue weighted by Crippen LogP contribution is 2.46. The Bertz CT molecular complexity index is 510. The van der Waals surface area contributed by atoms with Crippen molar-refractivity contribution < 1.29 is 9.47 Å². The van der Waals surface area contributed by atoms with Gasteiger partial charge in [0.2, 0.25) is 0 Å². The van der Waals surface area contributed by atoms with Crippen LogP contribution >= 0.6 is 0 Å². The summed E-state index contributed by atoms with van der Waals surface area (Å²) in [5.74, 6) is 0.656. The molecule has 1 atom stereocenters. The van der Waals surface area contributed by atoms with E-state index in [1.54, 1.807) is 0 Å². The molecule has 1 unspecified atom stereocenters. The fourth-order valence-electron chi connectivity index (χ4n) is 4.99. The molecular weight excluding hydrogens is 300 g/mol. The third kappa shape index (κ3) is 3.51. The second-order valence-corrected chi connectivity index (χ2v) is 7.91. The van der Waals surface area contributed by atoms with Gasteiger partial charge in [-0.25, -0.2) is 0 Å². The van der Waals surface area contributed by atoms with Crippen molar-refractivity contribution in [2.45, 2.75) is 51.2 Å². The maximum absolute atomic E-state index is 6.15. The summed E-state index contributed by atoms with van der Waals surface area (Å²) in [6.45, 7) is 5.94. The standard InChI is InChI=1S/C20H30N2O2/c1-2-4-19(3-1)22-13-18(20(16-22)7-11-23-12-8-20)15-24-14-17-5-9-21-10-6-17/h5-6,9-10,18-19H,1-4,7-8,11-16H2. The molecule has 3 heterocycles. The molecule has 0 N–H and O–H groups in total. The summed E-state index contributed by atoms with van der Waals surface area (Å²) in [5, 5.41) is 0. The normalized spacial score (nSPS) is 27.9. The van der Waals surface area contributed by atoms with E-state index in [1.807, 2.05) is 24.5 Å². The third-order valence-corrected chi connectivity index (χ3v) is 6.51. The Kier molecular flexibility index (Phi) is 5.16. The van der Waals surface area contributed by atoms with Gasteiger partial charge in [-0.2, -0.15) is 0 Å². The van der Waals surface area contributed by atoms with Crippen LogP contribution in [0.1, 0.15) is 44.1 Å². The van der Waals surface area contributed by atoms with Gasteiger partial charge in [-0.15, -0.1) is 0 Å². The van der Waals surface area contributed by atoms with Crippen LogP contribution < -0.4 is 0 Å². The van der Waals surface area contributed by atoms with Gasteiger partial charge >= 0.3 is 0 Å². The summed E-state index contributed by atoms with van der Waals surface area (Å²) in [6.07, 6.45) is 11.7. The molecule has 1 aromatic rings. The Morgan fingerprint density at radius 1 is 1.17 bits per heavy atom. The van der Waals surface area contributed by atoms with Crippen molar-refractivity contribution in [2.24, 2.45) is 11.3 Å². The van der Waals surface area contributed by atoms with E-state index in [4.69, 9.17) is 9.47 Å². The van der Waals surface area contributed by atoms with Gasteiger partial charge in [0.05, 0.1) is 13.2 Å². The van der Waals surface area contributed by atoms with E-state index < -0.39 is 0 Å². The Balaban J connectivity index is 1.38. The van der Waals surface area contributed by atoms with Gasteiger partial charge in [-0.1, -0.05) is 12.8 Å². The van der Waals surface area contributed by atoms with Gasteiger partial charge in [-0.05, 0) is 48.8 Å². The third-order valence-electron chi connectivity index (χ3n) is 6.51. The molecule has 2 saturated heterocycles. The molecule has 1 saturated carbocycles. The number of pyridine rings is 1. The van der Waals surface area contributed by atoms with Crippen LogP contribution in [0.5, 0.6) is 0 Å². The minimum Gasteiger partial charge on any atom is -0.381 e. The van der Waals surface area contributed by atoms with E-state index in [1.165, 1.54) is 57.2 Å². The monoisotopic (exact) mass is 330 g/mol. The zero-order chi connectivity index (χ0) is 16.2. The summed E-state index contributed by atoms with van der Waals surface area (Å²) in [7, 11) is 0. The Hall–Kier alpha value is -0.970. The first kappa shape index (κ1) is 16.5. The molecular formula is C20H30N2O2. The predicted molar refractivity (Wildman–Crippen MR) is 93.7 cm³/mol. The zero-order valence-electron chi connectivity index (χ0n) is 14.7. The van der Waals surface area contributed by atoms with Crippen molar-refractivity contribution in [3.05, 3.63) is 30.1 Å². The molecule has 132 valence electrons. The van der Waals surface area contributed by atoms with Crippen LogP contribution in [0.3, 0.4) is 0 Å². The molecule has 0 aromatic carbocycles. The summed E-state index contributed by atoms with van der Waals surface area (Å²) < 4.78 is 11.8. The lowest BCUT2D eigenvalue weighted by molar-refractivity contribution is -0.0264. The zero-order valence-corrected chi connectivity index (χ0v) is 14.7. The second kappa shape index (κ2) is 7.51. The molecule has 24 heavy (non-hydrogen) atoms. The highest BCUT2D eigenvalue weighted by atomic mass is 16.5. The Morgan fingerprint density at radius 3 is 2.67 bits per heavy atom. The van der Waals surface area contributed by atoms with E-state index in [-0.39, 0.29) is 0 Å².